The van der Waals surface area contributed by atoms with Gasteiger partial charge in [-0.2, -0.15) is 0 Å². The molecule has 1 aromatic carbocycles. The van der Waals surface area contributed by atoms with Crippen molar-refractivity contribution >= 4 is 39.9 Å². The average Bonchev–Trinajstić information content (AvgIpc) is 2.80. The van der Waals surface area contributed by atoms with Crippen molar-refractivity contribution in [1.29, 1.82) is 0 Å². The molecule has 0 fully saturated rings. The maximum atomic E-state index is 12.4. The van der Waals surface area contributed by atoms with Gasteiger partial charge in [-0.25, -0.2) is 4.98 Å². The van der Waals surface area contributed by atoms with Gasteiger partial charge >= 0.3 is 0 Å². The molecule has 1 N–H and O–H groups in total. The SMILES string of the molecule is CCSc1ccccc1C(=O)Nc1nc(C)c(C(C)=O)s1. The Labute approximate surface area is 132 Å². The zero-order valence-electron chi connectivity index (χ0n) is 12.1. The highest BCUT2D eigenvalue weighted by molar-refractivity contribution is 7.99. The van der Waals surface area contributed by atoms with E-state index in [0.29, 0.717) is 21.3 Å². The molecule has 110 valence electrons. The van der Waals surface area contributed by atoms with Gasteiger partial charge in [-0.15, -0.1) is 11.8 Å². The first-order valence-electron chi connectivity index (χ1n) is 6.54. The smallest absolute Gasteiger partial charge is 0.258 e. The molecule has 0 atom stereocenters. The van der Waals surface area contributed by atoms with E-state index in [4.69, 9.17) is 0 Å². The van der Waals surface area contributed by atoms with E-state index < -0.39 is 0 Å². The second-order valence-corrected chi connectivity index (χ2v) is 6.68. The fraction of sp³-hybridized carbons (Fsp3) is 0.267. The normalized spacial score (nSPS) is 10.4. The van der Waals surface area contributed by atoms with E-state index in [-0.39, 0.29) is 11.7 Å². The lowest BCUT2D eigenvalue weighted by molar-refractivity contribution is 0.101. The van der Waals surface area contributed by atoms with Crippen LogP contribution in [-0.4, -0.2) is 22.4 Å². The Morgan fingerprint density at radius 3 is 2.67 bits per heavy atom. The van der Waals surface area contributed by atoms with Gasteiger partial charge in [-0.3, -0.25) is 14.9 Å². The van der Waals surface area contributed by atoms with E-state index in [1.165, 1.54) is 18.3 Å². The summed E-state index contributed by atoms with van der Waals surface area (Å²) < 4.78 is 0. The van der Waals surface area contributed by atoms with Crippen LogP contribution in [0.25, 0.3) is 0 Å². The summed E-state index contributed by atoms with van der Waals surface area (Å²) in [5.74, 6) is 0.664. The predicted octanol–water partition coefficient (Wildman–Crippen LogP) is 4.02. The van der Waals surface area contributed by atoms with Gasteiger partial charge in [-0.1, -0.05) is 30.4 Å². The number of rotatable bonds is 5. The summed E-state index contributed by atoms with van der Waals surface area (Å²) >= 11 is 2.83. The number of ketones is 1. The van der Waals surface area contributed by atoms with Crippen molar-refractivity contribution in [1.82, 2.24) is 4.98 Å². The fourth-order valence-electron chi connectivity index (χ4n) is 1.88. The molecule has 0 radical (unpaired) electrons. The number of nitrogens with zero attached hydrogens (tertiary/aromatic N) is 1. The highest BCUT2D eigenvalue weighted by atomic mass is 32.2. The number of hydrogen-bond acceptors (Lipinski definition) is 5. The second kappa shape index (κ2) is 6.87. The molecule has 0 aliphatic rings. The quantitative estimate of drug-likeness (QED) is 0.668. The molecule has 4 nitrogen and oxygen atoms in total. The molecule has 1 aromatic heterocycles. The van der Waals surface area contributed by atoms with Crippen molar-refractivity contribution in [2.24, 2.45) is 0 Å². The Morgan fingerprint density at radius 2 is 2.05 bits per heavy atom. The second-order valence-electron chi connectivity index (χ2n) is 4.37. The third-order valence-electron chi connectivity index (χ3n) is 2.77. The first-order valence-corrected chi connectivity index (χ1v) is 8.34. The summed E-state index contributed by atoms with van der Waals surface area (Å²) in [6.45, 7) is 5.31. The number of aryl methyl sites for hydroxylation is 1. The number of carbonyl (C=O) groups excluding carboxylic acids is 2. The van der Waals surface area contributed by atoms with Gasteiger partial charge < -0.3 is 0 Å². The van der Waals surface area contributed by atoms with E-state index in [9.17, 15) is 9.59 Å². The van der Waals surface area contributed by atoms with Gasteiger partial charge in [0.05, 0.1) is 16.1 Å². The topological polar surface area (TPSA) is 59.1 Å². The zero-order valence-corrected chi connectivity index (χ0v) is 13.7. The standard InChI is InChI=1S/C15H16N2O2S2/c1-4-20-12-8-6-5-7-11(12)14(19)17-15-16-9(2)13(21-15)10(3)18/h5-8H,4H2,1-3H3,(H,16,17,19). The van der Waals surface area contributed by atoms with Crippen LogP contribution in [0, 0.1) is 6.92 Å². The van der Waals surface area contributed by atoms with Gasteiger partial charge in [0.2, 0.25) is 0 Å². The molecule has 1 amide bonds. The molecule has 0 aliphatic heterocycles. The molecule has 0 saturated carbocycles. The fourth-order valence-corrected chi connectivity index (χ4v) is 3.54. The molecule has 2 rings (SSSR count). The van der Waals surface area contributed by atoms with Crippen molar-refractivity contribution in [2.45, 2.75) is 25.7 Å². The minimum atomic E-state index is -0.199. The minimum Gasteiger partial charge on any atom is -0.298 e. The van der Waals surface area contributed by atoms with Gasteiger partial charge in [0.1, 0.15) is 0 Å². The van der Waals surface area contributed by atoms with Crippen molar-refractivity contribution in [3.05, 3.63) is 40.4 Å². The Hall–Kier alpha value is -1.66. The third kappa shape index (κ3) is 3.71. The lowest BCUT2D eigenvalue weighted by Crippen LogP contribution is -2.12. The van der Waals surface area contributed by atoms with Crippen LogP contribution in [0.3, 0.4) is 0 Å². The molecule has 21 heavy (non-hydrogen) atoms. The zero-order chi connectivity index (χ0) is 15.4. The molecule has 0 aliphatic carbocycles. The Bertz CT molecular complexity index is 680. The summed E-state index contributed by atoms with van der Waals surface area (Å²) in [7, 11) is 0. The number of amides is 1. The van der Waals surface area contributed by atoms with Crippen LogP contribution >= 0.6 is 23.1 Å². The van der Waals surface area contributed by atoms with Crippen LogP contribution in [0.2, 0.25) is 0 Å². The van der Waals surface area contributed by atoms with Gasteiger partial charge in [0.25, 0.3) is 5.91 Å². The summed E-state index contributed by atoms with van der Waals surface area (Å²) in [5, 5.41) is 3.23. The molecule has 0 bridgehead atoms. The number of Topliss-reactive ketones (excluding diaryl/α,β-unsaturated/α-hetero) is 1. The van der Waals surface area contributed by atoms with Gasteiger partial charge in [-0.05, 0) is 24.8 Å². The average molecular weight is 320 g/mol. The van der Waals surface area contributed by atoms with E-state index >= 15 is 0 Å². The van der Waals surface area contributed by atoms with E-state index in [1.54, 1.807) is 24.8 Å². The summed E-state index contributed by atoms with van der Waals surface area (Å²) in [5.41, 5.74) is 1.28. The summed E-state index contributed by atoms with van der Waals surface area (Å²) in [6, 6.07) is 7.47. The van der Waals surface area contributed by atoms with Gasteiger partial charge in [0, 0.05) is 11.8 Å². The molecule has 0 saturated heterocycles. The largest absolute Gasteiger partial charge is 0.298 e. The summed E-state index contributed by atoms with van der Waals surface area (Å²) in [4.78, 5) is 29.5. The first-order chi connectivity index (χ1) is 10.0. The maximum Gasteiger partial charge on any atom is 0.258 e. The van der Waals surface area contributed by atoms with Crippen molar-refractivity contribution in [2.75, 3.05) is 11.1 Å². The van der Waals surface area contributed by atoms with Gasteiger partial charge in [0.15, 0.2) is 10.9 Å². The molecular formula is C15H16N2O2S2. The Balaban J connectivity index is 2.22. The maximum absolute atomic E-state index is 12.4. The number of anilines is 1. The highest BCUT2D eigenvalue weighted by Gasteiger charge is 2.16. The van der Waals surface area contributed by atoms with Crippen molar-refractivity contribution in [3.8, 4) is 0 Å². The molecule has 0 spiro atoms. The minimum absolute atomic E-state index is 0.0348. The predicted molar refractivity (Wildman–Crippen MR) is 87.6 cm³/mol. The van der Waals surface area contributed by atoms with E-state index in [1.807, 2.05) is 25.1 Å². The Morgan fingerprint density at radius 1 is 1.33 bits per heavy atom. The molecular weight excluding hydrogens is 304 g/mol. The summed E-state index contributed by atoms with van der Waals surface area (Å²) in [6.07, 6.45) is 0. The third-order valence-corrected chi connectivity index (χ3v) is 4.90. The van der Waals surface area contributed by atoms with E-state index in [2.05, 4.69) is 10.3 Å². The molecule has 2 aromatic rings. The number of carbonyl (C=O) groups is 2. The van der Waals surface area contributed by atoms with Crippen LogP contribution in [0.1, 0.15) is 39.6 Å². The van der Waals surface area contributed by atoms with Crippen LogP contribution in [0.15, 0.2) is 29.2 Å². The van der Waals surface area contributed by atoms with E-state index in [0.717, 1.165) is 10.6 Å². The number of aromatic nitrogens is 1. The number of hydrogen-bond donors (Lipinski definition) is 1. The first kappa shape index (κ1) is 15.7. The van der Waals surface area contributed by atoms with Crippen molar-refractivity contribution in [3.63, 3.8) is 0 Å². The number of nitrogens with one attached hydrogen (secondary N) is 1. The lowest BCUT2D eigenvalue weighted by atomic mass is 10.2. The molecule has 0 unspecified atom stereocenters. The van der Waals surface area contributed by atoms with Crippen LogP contribution < -0.4 is 5.32 Å². The number of benzene rings is 1. The van der Waals surface area contributed by atoms with Crippen LogP contribution in [0.5, 0.6) is 0 Å². The highest BCUT2D eigenvalue weighted by Crippen LogP contribution is 2.26. The molecule has 1 heterocycles. The van der Waals surface area contributed by atoms with Crippen molar-refractivity contribution < 1.29 is 9.59 Å². The lowest BCUT2D eigenvalue weighted by Gasteiger charge is -2.07. The van der Waals surface area contributed by atoms with Crippen LogP contribution in [-0.2, 0) is 0 Å². The number of thioether (sulfide) groups is 1. The Kier molecular flexibility index (Phi) is 5.14. The monoisotopic (exact) mass is 320 g/mol. The molecule has 6 heteroatoms. The van der Waals surface area contributed by atoms with Crippen LogP contribution in [0.4, 0.5) is 5.13 Å². The number of thiazole rings is 1.